The van der Waals surface area contributed by atoms with Crippen LogP contribution in [0.4, 0.5) is 4.39 Å². The van der Waals surface area contributed by atoms with E-state index in [-0.39, 0.29) is 4.47 Å². The second-order valence-corrected chi connectivity index (χ2v) is 3.90. The molecule has 0 aliphatic heterocycles. The maximum atomic E-state index is 13.2. The molecule has 15 heavy (non-hydrogen) atoms. The molecule has 0 aliphatic carbocycles. The summed E-state index contributed by atoms with van der Waals surface area (Å²) in [7, 11) is 1.48. The Morgan fingerprint density at radius 2 is 2.27 bits per heavy atom. The molecule has 0 bridgehead atoms. The SMILES string of the molecule is COc1c(CCCN)cc(F)c(O)c1Br. The maximum Gasteiger partial charge on any atom is 0.169 e. The van der Waals surface area contributed by atoms with Crippen molar-refractivity contribution in [3.8, 4) is 11.5 Å². The monoisotopic (exact) mass is 277 g/mol. The van der Waals surface area contributed by atoms with E-state index in [4.69, 9.17) is 10.5 Å². The molecule has 0 heterocycles. The molecule has 0 spiro atoms. The number of nitrogens with two attached hydrogens (primary N) is 1. The Morgan fingerprint density at radius 3 is 2.80 bits per heavy atom. The summed E-state index contributed by atoms with van der Waals surface area (Å²) in [4.78, 5) is 0. The van der Waals surface area contributed by atoms with E-state index in [0.717, 1.165) is 6.42 Å². The molecule has 0 saturated heterocycles. The van der Waals surface area contributed by atoms with Crippen LogP contribution in [0, 0.1) is 5.82 Å². The fourth-order valence-electron chi connectivity index (χ4n) is 1.34. The average Bonchev–Trinajstić information content (AvgIpc) is 2.23. The summed E-state index contributed by atoms with van der Waals surface area (Å²) in [5.74, 6) is -0.625. The van der Waals surface area contributed by atoms with E-state index in [0.29, 0.717) is 24.3 Å². The van der Waals surface area contributed by atoms with Crippen molar-refractivity contribution in [2.24, 2.45) is 5.73 Å². The molecule has 5 heteroatoms. The lowest BCUT2D eigenvalue weighted by Gasteiger charge is -2.11. The van der Waals surface area contributed by atoms with E-state index in [1.165, 1.54) is 13.2 Å². The van der Waals surface area contributed by atoms with Gasteiger partial charge in [0.2, 0.25) is 0 Å². The molecule has 0 amide bonds. The second-order valence-electron chi connectivity index (χ2n) is 3.11. The lowest BCUT2D eigenvalue weighted by Crippen LogP contribution is -2.02. The molecule has 0 radical (unpaired) electrons. The normalized spacial score (nSPS) is 10.4. The number of aromatic hydroxyl groups is 1. The van der Waals surface area contributed by atoms with Crippen molar-refractivity contribution in [1.82, 2.24) is 0 Å². The second kappa shape index (κ2) is 5.32. The van der Waals surface area contributed by atoms with E-state index < -0.39 is 11.6 Å². The summed E-state index contributed by atoms with van der Waals surface area (Å²) in [6.07, 6.45) is 1.36. The molecule has 1 rings (SSSR count). The predicted octanol–water partition coefficient (Wildman–Crippen LogP) is 2.19. The number of hydrogen-bond acceptors (Lipinski definition) is 3. The van der Waals surface area contributed by atoms with Gasteiger partial charge in [-0.1, -0.05) is 0 Å². The number of phenols is 1. The van der Waals surface area contributed by atoms with Gasteiger partial charge in [0.25, 0.3) is 0 Å². The number of aryl methyl sites for hydroxylation is 1. The standard InChI is InChI=1S/C10H13BrFNO2/c1-15-10-6(3-2-4-13)5-7(12)9(14)8(10)11/h5,14H,2-4,13H2,1H3. The first kappa shape index (κ1) is 12.3. The molecule has 0 aliphatic rings. The van der Waals surface area contributed by atoms with Gasteiger partial charge in [-0.2, -0.15) is 0 Å². The van der Waals surface area contributed by atoms with E-state index >= 15 is 0 Å². The van der Waals surface area contributed by atoms with Crippen LogP contribution in [0.25, 0.3) is 0 Å². The summed E-state index contributed by atoms with van der Waals surface area (Å²) in [6.45, 7) is 0.531. The van der Waals surface area contributed by atoms with Gasteiger partial charge in [-0.15, -0.1) is 0 Å². The molecular formula is C10H13BrFNO2. The third kappa shape index (κ3) is 2.60. The Labute approximate surface area is 96.2 Å². The van der Waals surface area contributed by atoms with Crippen LogP contribution in [0.1, 0.15) is 12.0 Å². The van der Waals surface area contributed by atoms with Gasteiger partial charge in [0, 0.05) is 0 Å². The third-order valence-electron chi connectivity index (χ3n) is 2.08. The molecule has 1 aromatic rings. The van der Waals surface area contributed by atoms with Crippen molar-refractivity contribution in [3.63, 3.8) is 0 Å². The van der Waals surface area contributed by atoms with Crippen molar-refractivity contribution in [1.29, 1.82) is 0 Å². The molecule has 3 N–H and O–H groups in total. The van der Waals surface area contributed by atoms with Crippen molar-refractivity contribution >= 4 is 15.9 Å². The number of ether oxygens (including phenoxy) is 1. The molecule has 0 aromatic heterocycles. The fourth-order valence-corrected chi connectivity index (χ4v) is 1.95. The minimum Gasteiger partial charge on any atom is -0.504 e. The molecule has 3 nitrogen and oxygen atoms in total. The van der Waals surface area contributed by atoms with Crippen LogP contribution in [0.2, 0.25) is 0 Å². The summed E-state index contributed by atoms with van der Waals surface area (Å²) in [6, 6.07) is 1.27. The molecule has 0 fully saturated rings. The Morgan fingerprint density at radius 1 is 1.60 bits per heavy atom. The highest BCUT2D eigenvalue weighted by Crippen LogP contribution is 2.38. The Hall–Kier alpha value is -0.810. The quantitative estimate of drug-likeness (QED) is 0.887. The zero-order valence-electron chi connectivity index (χ0n) is 8.39. The van der Waals surface area contributed by atoms with Crippen LogP contribution in [0.3, 0.4) is 0 Å². The van der Waals surface area contributed by atoms with Crippen molar-refractivity contribution in [2.45, 2.75) is 12.8 Å². The topological polar surface area (TPSA) is 55.5 Å². The van der Waals surface area contributed by atoms with E-state index in [2.05, 4.69) is 15.9 Å². The van der Waals surface area contributed by atoms with E-state index in [1.807, 2.05) is 0 Å². The van der Waals surface area contributed by atoms with Crippen LogP contribution in [-0.4, -0.2) is 18.8 Å². The van der Waals surface area contributed by atoms with Crippen molar-refractivity contribution in [3.05, 3.63) is 21.9 Å². The van der Waals surface area contributed by atoms with Crippen molar-refractivity contribution in [2.75, 3.05) is 13.7 Å². The number of benzene rings is 1. The van der Waals surface area contributed by atoms with E-state index in [1.54, 1.807) is 0 Å². The number of rotatable bonds is 4. The van der Waals surface area contributed by atoms with Gasteiger partial charge in [0.05, 0.1) is 7.11 Å². The first-order chi connectivity index (χ1) is 7.11. The first-order valence-electron chi connectivity index (χ1n) is 4.55. The predicted molar refractivity (Wildman–Crippen MR) is 59.7 cm³/mol. The molecule has 84 valence electrons. The molecule has 1 aromatic carbocycles. The van der Waals surface area contributed by atoms with Gasteiger partial charge in [0.1, 0.15) is 10.2 Å². The zero-order valence-corrected chi connectivity index (χ0v) is 9.97. The summed E-state index contributed by atoms with van der Waals surface area (Å²) in [5, 5.41) is 9.34. The van der Waals surface area contributed by atoms with Gasteiger partial charge < -0.3 is 15.6 Å². The Kier molecular flexibility index (Phi) is 4.35. The molecular weight excluding hydrogens is 265 g/mol. The molecule has 0 unspecified atom stereocenters. The van der Waals surface area contributed by atoms with Gasteiger partial charge in [-0.25, -0.2) is 4.39 Å². The van der Waals surface area contributed by atoms with Crippen LogP contribution >= 0.6 is 15.9 Å². The van der Waals surface area contributed by atoms with Gasteiger partial charge in [0.15, 0.2) is 11.6 Å². The summed E-state index contributed by atoms with van der Waals surface area (Å²) < 4.78 is 18.6. The average molecular weight is 278 g/mol. The van der Waals surface area contributed by atoms with Gasteiger partial charge in [-0.3, -0.25) is 0 Å². The van der Waals surface area contributed by atoms with Gasteiger partial charge in [-0.05, 0) is 46.9 Å². The molecule has 0 saturated carbocycles. The number of methoxy groups -OCH3 is 1. The largest absolute Gasteiger partial charge is 0.504 e. The number of phenolic OH excluding ortho intramolecular Hbond substituents is 1. The highest BCUT2D eigenvalue weighted by atomic mass is 79.9. The highest BCUT2D eigenvalue weighted by molar-refractivity contribution is 9.10. The van der Waals surface area contributed by atoms with Crippen LogP contribution in [0.15, 0.2) is 10.5 Å². The lowest BCUT2D eigenvalue weighted by molar-refractivity contribution is 0.387. The Bertz CT molecular complexity index is 358. The maximum absolute atomic E-state index is 13.2. The Balaban J connectivity index is 3.13. The smallest absolute Gasteiger partial charge is 0.169 e. The van der Waals surface area contributed by atoms with Crippen LogP contribution in [-0.2, 0) is 6.42 Å². The lowest BCUT2D eigenvalue weighted by atomic mass is 10.1. The van der Waals surface area contributed by atoms with Gasteiger partial charge >= 0.3 is 0 Å². The number of halogens is 2. The minimum atomic E-state index is -0.658. The summed E-state index contributed by atoms with van der Waals surface area (Å²) in [5.41, 5.74) is 6.08. The zero-order chi connectivity index (χ0) is 11.4. The van der Waals surface area contributed by atoms with E-state index in [9.17, 15) is 9.50 Å². The fraction of sp³-hybridized carbons (Fsp3) is 0.400. The number of hydrogen-bond donors (Lipinski definition) is 2. The minimum absolute atomic E-state index is 0.247. The first-order valence-corrected chi connectivity index (χ1v) is 5.35. The highest BCUT2D eigenvalue weighted by Gasteiger charge is 2.16. The van der Waals surface area contributed by atoms with Crippen molar-refractivity contribution < 1.29 is 14.2 Å². The summed E-state index contributed by atoms with van der Waals surface area (Å²) >= 11 is 3.09. The third-order valence-corrected chi connectivity index (χ3v) is 2.82. The molecule has 0 atom stereocenters. The van der Waals surface area contributed by atoms with Crippen LogP contribution in [0.5, 0.6) is 11.5 Å². The van der Waals surface area contributed by atoms with Crippen LogP contribution < -0.4 is 10.5 Å².